The van der Waals surface area contributed by atoms with Crippen molar-refractivity contribution in [2.45, 2.75) is 44.1 Å². The van der Waals surface area contributed by atoms with Crippen LogP contribution in [0.1, 0.15) is 38.7 Å². The molecule has 6 heteroatoms. The topological polar surface area (TPSA) is 55.4 Å². The van der Waals surface area contributed by atoms with Gasteiger partial charge in [0.2, 0.25) is 0 Å². The number of thioether (sulfide) groups is 1. The summed E-state index contributed by atoms with van der Waals surface area (Å²) in [6.07, 6.45) is 0.00809. The molecule has 2 atom stereocenters. The van der Waals surface area contributed by atoms with Crippen LogP contribution >= 0.6 is 11.8 Å². The second-order valence-electron chi connectivity index (χ2n) is 6.24. The zero-order valence-electron chi connectivity index (χ0n) is 15.7. The van der Waals surface area contributed by atoms with Crippen LogP contribution < -0.4 is 5.32 Å². The van der Waals surface area contributed by atoms with E-state index >= 15 is 0 Å². The summed E-state index contributed by atoms with van der Waals surface area (Å²) in [5.74, 6) is -1.11. The van der Waals surface area contributed by atoms with Crippen LogP contribution in [0.3, 0.4) is 0 Å². The molecule has 2 rings (SSSR count). The third-order valence-electron chi connectivity index (χ3n) is 4.22. The first-order valence-electron chi connectivity index (χ1n) is 8.89. The highest BCUT2D eigenvalue weighted by atomic mass is 32.2. The molecule has 0 fully saturated rings. The molecule has 0 aliphatic heterocycles. The molecule has 2 aromatic rings. The lowest BCUT2D eigenvalue weighted by Crippen LogP contribution is -2.31. The Morgan fingerprint density at radius 2 is 1.78 bits per heavy atom. The van der Waals surface area contributed by atoms with Gasteiger partial charge in [-0.15, -0.1) is 11.8 Å². The smallest absolute Gasteiger partial charge is 0.317 e. The predicted octanol–water partition coefficient (Wildman–Crippen LogP) is 5.00. The molecule has 0 heterocycles. The summed E-state index contributed by atoms with van der Waals surface area (Å²) in [5, 5.41) is 2.83. The number of benzene rings is 2. The Bertz CT molecular complexity index is 797. The second kappa shape index (κ2) is 10.1. The Morgan fingerprint density at radius 1 is 1.11 bits per heavy atom. The summed E-state index contributed by atoms with van der Waals surface area (Å²) < 4.78 is 18.7. The summed E-state index contributed by atoms with van der Waals surface area (Å²) in [7, 11) is 0. The molecule has 27 heavy (non-hydrogen) atoms. The monoisotopic (exact) mass is 389 g/mol. The molecule has 0 saturated heterocycles. The van der Waals surface area contributed by atoms with E-state index in [-0.39, 0.29) is 11.6 Å². The van der Waals surface area contributed by atoms with Crippen molar-refractivity contribution in [2.24, 2.45) is 0 Å². The van der Waals surface area contributed by atoms with E-state index in [9.17, 15) is 14.0 Å². The van der Waals surface area contributed by atoms with Crippen LogP contribution in [0.2, 0.25) is 0 Å². The fourth-order valence-corrected chi connectivity index (χ4v) is 3.20. The number of carbonyl (C=O) groups excluding carboxylic acids is 2. The molecule has 0 aliphatic rings. The summed E-state index contributed by atoms with van der Waals surface area (Å²) in [5.41, 5.74) is 1.77. The number of anilines is 1. The zero-order chi connectivity index (χ0) is 19.8. The van der Waals surface area contributed by atoms with Crippen LogP contribution in [0.5, 0.6) is 0 Å². The molecule has 144 valence electrons. The van der Waals surface area contributed by atoms with Crippen molar-refractivity contribution < 1.29 is 18.7 Å². The van der Waals surface area contributed by atoms with Crippen molar-refractivity contribution in [1.82, 2.24) is 0 Å². The molecule has 0 spiro atoms. The Kier molecular flexibility index (Phi) is 7.85. The average molecular weight is 389 g/mol. The van der Waals surface area contributed by atoms with Crippen molar-refractivity contribution in [3.8, 4) is 0 Å². The number of carbonyl (C=O) groups is 2. The Hall–Kier alpha value is -2.34. The highest BCUT2D eigenvalue weighted by molar-refractivity contribution is 8.00. The van der Waals surface area contributed by atoms with Crippen LogP contribution in [0.25, 0.3) is 0 Å². The fourth-order valence-electron chi connectivity index (χ4n) is 2.48. The van der Waals surface area contributed by atoms with Gasteiger partial charge in [0, 0.05) is 10.6 Å². The van der Waals surface area contributed by atoms with E-state index in [1.54, 1.807) is 18.2 Å². The van der Waals surface area contributed by atoms with Gasteiger partial charge in [0.1, 0.15) is 5.82 Å². The van der Waals surface area contributed by atoms with E-state index in [4.69, 9.17) is 4.74 Å². The molecule has 4 nitrogen and oxygen atoms in total. The van der Waals surface area contributed by atoms with Crippen LogP contribution in [-0.2, 0) is 14.3 Å². The first-order chi connectivity index (χ1) is 12.9. The van der Waals surface area contributed by atoms with Crippen LogP contribution in [-0.4, -0.2) is 23.7 Å². The van der Waals surface area contributed by atoms with Crippen molar-refractivity contribution >= 4 is 29.3 Å². The zero-order valence-corrected chi connectivity index (χ0v) is 16.5. The number of nitrogens with one attached hydrogen (secondary N) is 1. The van der Waals surface area contributed by atoms with Crippen molar-refractivity contribution in [2.75, 3.05) is 11.1 Å². The quantitative estimate of drug-likeness (QED) is 0.510. The van der Waals surface area contributed by atoms with Gasteiger partial charge in [-0.25, -0.2) is 4.39 Å². The van der Waals surface area contributed by atoms with Gasteiger partial charge in [0.25, 0.3) is 5.91 Å². The molecular formula is C21H24FNO3S. The molecule has 1 N–H and O–H groups in total. The number of hydrogen-bond acceptors (Lipinski definition) is 4. The maximum atomic E-state index is 13.6. The van der Waals surface area contributed by atoms with Gasteiger partial charge < -0.3 is 10.1 Å². The molecule has 0 saturated carbocycles. The lowest BCUT2D eigenvalue weighted by atomic mass is 9.97. The number of halogens is 1. The Balaban J connectivity index is 1.90. The highest BCUT2D eigenvalue weighted by Crippen LogP contribution is 2.26. The maximum Gasteiger partial charge on any atom is 0.317 e. The number of rotatable bonds is 8. The van der Waals surface area contributed by atoms with Gasteiger partial charge >= 0.3 is 5.97 Å². The number of ether oxygens (including phenoxy) is 1. The lowest BCUT2D eigenvalue weighted by molar-refractivity contribution is -0.150. The minimum atomic E-state index is -0.941. The third-order valence-corrected chi connectivity index (χ3v) is 5.24. The second-order valence-corrected chi connectivity index (χ2v) is 7.25. The van der Waals surface area contributed by atoms with E-state index in [0.29, 0.717) is 10.8 Å². The van der Waals surface area contributed by atoms with E-state index in [1.165, 1.54) is 13.0 Å². The first-order valence-corrected chi connectivity index (χ1v) is 9.87. The molecule has 0 unspecified atom stereocenters. The third kappa shape index (κ3) is 6.10. The standard InChI is InChI=1S/C21H24FNO3S/c1-4-14(2)16-9-5-7-11-18(16)23-21(25)15(3)26-20(24)13-27-19-12-8-6-10-17(19)22/h5-12,14-15H,4,13H2,1-3H3,(H,23,25)/t14-,15-/m0/s1. The van der Waals surface area contributed by atoms with Crippen molar-refractivity contribution in [1.29, 1.82) is 0 Å². The van der Waals surface area contributed by atoms with Crippen LogP contribution in [0.4, 0.5) is 10.1 Å². The van der Waals surface area contributed by atoms with Gasteiger partial charge in [0.05, 0.1) is 5.75 Å². The number of esters is 1. The van der Waals surface area contributed by atoms with Gasteiger partial charge in [-0.1, -0.05) is 44.2 Å². The van der Waals surface area contributed by atoms with E-state index in [1.807, 2.05) is 24.3 Å². The molecule has 1 amide bonds. The largest absolute Gasteiger partial charge is 0.452 e. The molecule has 0 aromatic heterocycles. The maximum absolute atomic E-state index is 13.6. The first kappa shape index (κ1) is 21.0. The number of hydrogen-bond donors (Lipinski definition) is 1. The molecule has 0 aliphatic carbocycles. The van der Waals surface area contributed by atoms with E-state index in [0.717, 1.165) is 29.4 Å². The average Bonchev–Trinajstić information content (AvgIpc) is 2.67. The van der Waals surface area contributed by atoms with Gasteiger partial charge in [-0.05, 0) is 43.0 Å². The molecule has 0 radical (unpaired) electrons. The normalized spacial score (nSPS) is 12.9. The molecular weight excluding hydrogens is 365 g/mol. The number of para-hydroxylation sites is 1. The highest BCUT2D eigenvalue weighted by Gasteiger charge is 2.20. The number of amides is 1. The van der Waals surface area contributed by atoms with Crippen LogP contribution in [0, 0.1) is 5.82 Å². The summed E-state index contributed by atoms with van der Waals surface area (Å²) >= 11 is 1.04. The minimum absolute atomic E-state index is 0.0675. The lowest BCUT2D eigenvalue weighted by Gasteiger charge is -2.18. The SMILES string of the molecule is CC[C@H](C)c1ccccc1NC(=O)[C@H](C)OC(=O)CSc1ccccc1F. The summed E-state index contributed by atoms with van der Waals surface area (Å²) in [4.78, 5) is 24.7. The van der Waals surface area contributed by atoms with E-state index < -0.39 is 18.0 Å². The fraction of sp³-hybridized carbons (Fsp3) is 0.333. The Morgan fingerprint density at radius 3 is 2.48 bits per heavy atom. The Labute approximate surface area is 163 Å². The van der Waals surface area contributed by atoms with Gasteiger partial charge in [0.15, 0.2) is 6.10 Å². The summed E-state index contributed by atoms with van der Waals surface area (Å²) in [6, 6.07) is 13.8. The molecule has 0 bridgehead atoms. The molecule has 2 aromatic carbocycles. The van der Waals surface area contributed by atoms with Gasteiger partial charge in [-0.2, -0.15) is 0 Å². The predicted molar refractivity (Wildman–Crippen MR) is 106 cm³/mol. The van der Waals surface area contributed by atoms with E-state index in [2.05, 4.69) is 19.2 Å². The summed E-state index contributed by atoms with van der Waals surface area (Å²) in [6.45, 7) is 5.70. The minimum Gasteiger partial charge on any atom is -0.452 e. The van der Waals surface area contributed by atoms with Crippen molar-refractivity contribution in [3.05, 3.63) is 59.9 Å². The van der Waals surface area contributed by atoms with Crippen molar-refractivity contribution in [3.63, 3.8) is 0 Å². The van der Waals surface area contributed by atoms with Crippen LogP contribution in [0.15, 0.2) is 53.4 Å². The van der Waals surface area contributed by atoms with Gasteiger partial charge in [-0.3, -0.25) is 9.59 Å².